The van der Waals surface area contributed by atoms with Crippen LogP contribution < -0.4 is 5.32 Å². The molecule has 1 N–H and O–H groups in total. The van der Waals surface area contributed by atoms with E-state index in [0.717, 1.165) is 22.4 Å². The summed E-state index contributed by atoms with van der Waals surface area (Å²) in [6.07, 6.45) is 1.56. The van der Waals surface area contributed by atoms with Crippen LogP contribution in [-0.2, 0) is 6.54 Å². The summed E-state index contributed by atoms with van der Waals surface area (Å²) in [6.45, 7) is 0.613. The number of fused-ring (bicyclic) bond motifs is 1. The second kappa shape index (κ2) is 4.25. The molecule has 3 rings (SSSR count). The first-order valence-corrected chi connectivity index (χ1v) is 5.41. The zero-order chi connectivity index (χ0) is 11.5. The molecule has 4 nitrogen and oxygen atoms in total. The van der Waals surface area contributed by atoms with Gasteiger partial charge in [0.1, 0.15) is 17.8 Å². The second-order valence-corrected chi connectivity index (χ2v) is 3.73. The second-order valence-electron chi connectivity index (χ2n) is 3.73. The number of pyridine rings is 1. The zero-order valence-corrected chi connectivity index (χ0v) is 9.13. The van der Waals surface area contributed by atoms with Gasteiger partial charge in [-0.3, -0.25) is 0 Å². The minimum absolute atomic E-state index is 0.613. The molecule has 4 heteroatoms. The lowest BCUT2D eigenvalue weighted by Gasteiger charge is -2.04. The number of nitrogens with one attached hydrogen (secondary N) is 1. The highest BCUT2D eigenvalue weighted by Gasteiger charge is 1.99. The van der Waals surface area contributed by atoms with E-state index < -0.39 is 0 Å². The van der Waals surface area contributed by atoms with Crippen molar-refractivity contribution < 1.29 is 4.52 Å². The van der Waals surface area contributed by atoms with E-state index in [9.17, 15) is 0 Å². The lowest BCUT2D eigenvalue weighted by molar-refractivity contribution is 0.412. The molecule has 0 bridgehead atoms. The highest BCUT2D eigenvalue weighted by molar-refractivity contribution is 5.79. The molecule has 2 heterocycles. The lowest BCUT2D eigenvalue weighted by atomic mass is 10.2. The Morgan fingerprint density at radius 3 is 2.88 bits per heavy atom. The zero-order valence-electron chi connectivity index (χ0n) is 9.13. The Morgan fingerprint density at radius 2 is 2.00 bits per heavy atom. The van der Waals surface area contributed by atoms with Gasteiger partial charge >= 0.3 is 0 Å². The molecule has 17 heavy (non-hydrogen) atoms. The Hall–Kier alpha value is -2.36. The van der Waals surface area contributed by atoms with Crippen molar-refractivity contribution in [3.63, 3.8) is 0 Å². The molecule has 0 saturated heterocycles. The quantitative estimate of drug-likeness (QED) is 0.744. The Balaban J connectivity index is 1.81. The number of rotatable bonds is 3. The molecule has 0 aliphatic rings. The molecule has 0 aliphatic carbocycles. The van der Waals surface area contributed by atoms with Gasteiger partial charge in [-0.15, -0.1) is 0 Å². The predicted molar refractivity (Wildman–Crippen MR) is 65.6 cm³/mol. The number of anilines is 1. The largest absolute Gasteiger partial charge is 0.364 e. The van der Waals surface area contributed by atoms with Crippen molar-refractivity contribution in [1.29, 1.82) is 0 Å². The van der Waals surface area contributed by atoms with Crippen LogP contribution in [0.3, 0.4) is 0 Å². The van der Waals surface area contributed by atoms with E-state index in [1.54, 1.807) is 6.26 Å². The monoisotopic (exact) mass is 225 g/mol. The average molecular weight is 225 g/mol. The Bertz CT molecular complexity index is 619. The SMILES string of the molecule is c1ccc2nc(NCc3ccon3)ccc2c1. The van der Waals surface area contributed by atoms with Gasteiger partial charge in [-0.05, 0) is 18.2 Å². The van der Waals surface area contributed by atoms with Crippen LogP contribution in [0, 0.1) is 0 Å². The summed E-state index contributed by atoms with van der Waals surface area (Å²) in [5.74, 6) is 0.840. The third-order valence-electron chi connectivity index (χ3n) is 2.54. The first kappa shape index (κ1) is 9.84. The molecule has 0 amide bonds. The Morgan fingerprint density at radius 1 is 1.06 bits per heavy atom. The van der Waals surface area contributed by atoms with Gasteiger partial charge in [-0.25, -0.2) is 4.98 Å². The molecule has 3 aromatic rings. The van der Waals surface area contributed by atoms with Crippen molar-refractivity contribution in [2.45, 2.75) is 6.54 Å². The number of nitrogens with zero attached hydrogens (tertiary/aromatic N) is 2. The van der Waals surface area contributed by atoms with E-state index >= 15 is 0 Å². The van der Waals surface area contributed by atoms with E-state index in [0.29, 0.717) is 6.54 Å². The normalized spacial score (nSPS) is 10.6. The van der Waals surface area contributed by atoms with Gasteiger partial charge in [0.05, 0.1) is 12.1 Å². The van der Waals surface area contributed by atoms with E-state index in [1.165, 1.54) is 0 Å². The molecule has 0 unspecified atom stereocenters. The van der Waals surface area contributed by atoms with Crippen LogP contribution in [0.15, 0.2) is 53.3 Å². The van der Waals surface area contributed by atoms with Crippen LogP contribution in [0.4, 0.5) is 5.82 Å². The number of aromatic nitrogens is 2. The van der Waals surface area contributed by atoms with Crippen LogP contribution in [0.5, 0.6) is 0 Å². The van der Waals surface area contributed by atoms with Crippen molar-refractivity contribution in [2.24, 2.45) is 0 Å². The number of benzene rings is 1. The van der Waals surface area contributed by atoms with Gasteiger partial charge in [0, 0.05) is 11.5 Å². The maximum absolute atomic E-state index is 4.76. The first-order valence-electron chi connectivity index (χ1n) is 5.41. The minimum Gasteiger partial charge on any atom is -0.364 e. The predicted octanol–water partition coefficient (Wildman–Crippen LogP) is 2.83. The maximum Gasteiger partial charge on any atom is 0.126 e. The van der Waals surface area contributed by atoms with Crippen LogP contribution in [-0.4, -0.2) is 10.1 Å². The molecule has 2 aromatic heterocycles. The van der Waals surface area contributed by atoms with E-state index in [2.05, 4.69) is 15.5 Å². The van der Waals surface area contributed by atoms with Crippen molar-refractivity contribution in [2.75, 3.05) is 5.32 Å². The maximum atomic E-state index is 4.76. The summed E-state index contributed by atoms with van der Waals surface area (Å²) in [4.78, 5) is 4.51. The summed E-state index contributed by atoms with van der Waals surface area (Å²) in [6, 6.07) is 13.9. The molecule has 0 aliphatic heterocycles. The molecule has 0 fully saturated rings. The molecule has 1 aromatic carbocycles. The molecule has 0 saturated carbocycles. The molecular formula is C13H11N3O. The first-order chi connectivity index (χ1) is 8.42. The van der Waals surface area contributed by atoms with Gasteiger partial charge in [0.25, 0.3) is 0 Å². The Labute approximate surface area is 98.3 Å². The fourth-order valence-corrected chi connectivity index (χ4v) is 1.67. The number of hydrogen-bond acceptors (Lipinski definition) is 4. The molecule has 0 atom stereocenters. The molecular weight excluding hydrogens is 214 g/mol. The lowest BCUT2D eigenvalue weighted by Crippen LogP contribution is -2.01. The summed E-state index contributed by atoms with van der Waals surface area (Å²) in [7, 11) is 0. The molecule has 0 radical (unpaired) electrons. The number of para-hydroxylation sites is 1. The van der Waals surface area contributed by atoms with Crippen LogP contribution >= 0.6 is 0 Å². The van der Waals surface area contributed by atoms with Gasteiger partial charge in [0.2, 0.25) is 0 Å². The average Bonchev–Trinajstić information content (AvgIpc) is 2.89. The third kappa shape index (κ3) is 2.10. The summed E-state index contributed by atoms with van der Waals surface area (Å²) < 4.78 is 4.76. The van der Waals surface area contributed by atoms with E-state index in [1.807, 2.05) is 42.5 Å². The minimum atomic E-state index is 0.613. The van der Waals surface area contributed by atoms with Gasteiger partial charge < -0.3 is 9.84 Å². The van der Waals surface area contributed by atoms with Crippen LogP contribution in [0.2, 0.25) is 0 Å². The van der Waals surface area contributed by atoms with Gasteiger partial charge in [-0.2, -0.15) is 0 Å². The van der Waals surface area contributed by atoms with Crippen LogP contribution in [0.25, 0.3) is 10.9 Å². The van der Waals surface area contributed by atoms with Gasteiger partial charge in [-0.1, -0.05) is 23.4 Å². The smallest absolute Gasteiger partial charge is 0.126 e. The van der Waals surface area contributed by atoms with Crippen molar-refractivity contribution >= 4 is 16.7 Å². The number of hydrogen-bond donors (Lipinski definition) is 1. The highest BCUT2D eigenvalue weighted by Crippen LogP contribution is 2.14. The van der Waals surface area contributed by atoms with E-state index in [4.69, 9.17) is 4.52 Å². The van der Waals surface area contributed by atoms with Crippen LogP contribution in [0.1, 0.15) is 5.69 Å². The fraction of sp³-hybridized carbons (Fsp3) is 0.0769. The van der Waals surface area contributed by atoms with E-state index in [-0.39, 0.29) is 0 Å². The molecule has 84 valence electrons. The summed E-state index contributed by atoms with van der Waals surface area (Å²) in [5, 5.41) is 8.17. The molecule has 0 spiro atoms. The summed E-state index contributed by atoms with van der Waals surface area (Å²) >= 11 is 0. The standard InChI is InChI=1S/C13H11N3O/c1-2-4-12-10(3-1)5-6-13(15-12)14-9-11-7-8-17-16-11/h1-8H,9H2,(H,14,15). The van der Waals surface area contributed by atoms with Crippen molar-refractivity contribution in [1.82, 2.24) is 10.1 Å². The van der Waals surface area contributed by atoms with Crippen molar-refractivity contribution in [3.8, 4) is 0 Å². The Kier molecular flexibility index (Phi) is 2.46. The summed E-state index contributed by atoms with van der Waals surface area (Å²) in [5.41, 5.74) is 1.85. The third-order valence-corrected chi connectivity index (χ3v) is 2.54. The highest BCUT2D eigenvalue weighted by atomic mass is 16.5. The topological polar surface area (TPSA) is 51.0 Å². The fourth-order valence-electron chi connectivity index (χ4n) is 1.67. The van der Waals surface area contributed by atoms with Crippen molar-refractivity contribution in [3.05, 3.63) is 54.4 Å². The van der Waals surface area contributed by atoms with Gasteiger partial charge in [0.15, 0.2) is 0 Å².